The van der Waals surface area contributed by atoms with E-state index in [0.717, 1.165) is 27.7 Å². The van der Waals surface area contributed by atoms with Crippen molar-refractivity contribution in [1.82, 2.24) is 0 Å². The van der Waals surface area contributed by atoms with Crippen LogP contribution in [0.15, 0.2) is 60.7 Å². The predicted molar refractivity (Wildman–Crippen MR) is 200 cm³/mol. The summed E-state index contributed by atoms with van der Waals surface area (Å²) in [6, 6.07) is 15.6. The first-order valence-corrected chi connectivity index (χ1v) is 17.7. The zero-order chi connectivity index (χ0) is 46.1. The number of hydrogen-bond acceptors (Lipinski definition) is 18. The lowest BCUT2D eigenvalue weighted by atomic mass is 10.1. The highest BCUT2D eigenvalue weighted by Crippen LogP contribution is 2.26. The van der Waals surface area contributed by atoms with Gasteiger partial charge in [-0.25, -0.2) is 28.8 Å². The van der Waals surface area contributed by atoms with Crippen LogP contribution in [-0.4, -0.2) is 106 Å². The molecule has 20 nitrogen and oxygen atoms in total. The molecule has 0 bridgehead atoms. The SMILES string of the molecule is CC(=O)O[C@@H](C(=O)O)[C@@H](OC(C)=O)C(=O)O[C@@H](C(=O)OC(C)(C)C)c1ccccc1.CC(=O)O[C@@H](C(=O)O)[C@@H](OC(C)=O)C(=O)O[C@H](C(=O)OC(C)(C)C)c1ccccc1. The zero-order valence-electron chi connectivity index (χ0n) is 34.5. The van der Waals surface area contributed by atoms with Crippen LogP contribution in [0.4, 0.5) is 0 Å². The van der Waals surface area contributed by atoms with Crippen LogP contribution in [0, 0.1) is 0 Å². The van der Waals surface area contributed by atoms with Crippen molar-refractivity contribution in [1.29, 1.82) is 0 Å². The Bertz CT molecular complexity index is 1720. The van der Waals surface area contributed by atoms with E-state index in [1.54, 1.807) is 77.9 Å². The number of benzene rings is 2. The molecule has 2 aromatic carbocycles. The van der Waals surface area contributed by atoms with Crippen LogP contribution >= 0.6 is 0 Å². The highest BCUT2D eigenvalue weighted by atomic mass is 16.7. The summed E-state index contributed by atoms with van der Waals surface area (Å²) in [6.45, 7) is 13.3. The molecule has 0 heterocycles. The average molecular weight is 849 g/mol. The molecule has 2 aromatic rings. The number of carbonyl (C=O) groups is 10. The lowest BCUT2D eigenvalue weighted by Gasteiger charge is -2.26. The van der Waals surface area contributed by atoms with E-state index in [0.29, 0.717) is 0 Å². The van der Waals surface area contributed by atoms with Gasteiger partial charge in [0.25, 0.3) is 0 Å². The normalized spacial score (nSPS) is 13.9. The third-order valence-corrected chi connectivity index (χ3v) is 6.59. The van der Waals surface area contributed by atoms with Gasteiger partial charge in [0, 0.05) is 38.8 Å². The van der Waals surface area contributed by atoms with Crippen molar-refractivity contribution in [2.24, 2.45) is 0 Å². The monoisotopic (exact) mass is 848 g/mol. The first kappa shape index (κ1) is 51.2. The molecule has 60 heavy (non-hydrogen) atoms. The largest absolute Gasteiger partial charge is 0.478 e. The molecule has 0 aromatic heterocycles. The number of carboxylic acid groups (broad SMARTS) is 2. The van der Waals surface area contributed by atoms with Gasteiger partial charge >= 0.3 is 59.7 Å². The molecule has 0 aliphatic rings. The highest BCUT2D eigenvalue weighted by Gasteiger charge is 2.44. The minimum Gasteiger partial charge on any atom is -0.478 e. The molecule has 0 saturated carbocycles. The maximum Gasteiger partial charge on any atom is 0.353 e. The quantitative estimate of drug-likeness (QED) is 0.181. The lowest BCUT2D eigenvalue weighted by Crippen LogP contribution is -2.47. The molecular formula is C40H48O20. The van der Waals surface area contributed by atoms with Crippen molar-refractivity contribution in [3.63, 3.8) is 0 Å². The molecule has 20 heteroatoms. The van der Waals surface area contributed by atoms with E-state index < -0.39 is 108 Å². The van der Waals surface area contributed by atoms with Gasteiger partial charge < -0.3 is 48.1 Å². The average Bonchev–Trinajstić information content (AvgIpc) is 3.11. The summed E-state index contributed by atoms with van der Waals surface area (Å²) in [7, 11) is 0. The minimum absolute atomic E-state index is 0.237. The number of ether oxygens (including phenoxy) is 8. The third-order valence-electron chi connectivity index (χ3n) is 6.59. The van der Waals surface area contributed by atoms with Crippen molar-refractivity contribution >= 4 is 59.7 Å². The van der Waals surface area contributed by atoms with Gasteiger partial charge in [-0.1, -0.05) is 60.7 Å². The number of aliphatic carboxylic acids is 2. The Labute approximate surface area is 344 Å². The number of carboxylic acids is 2. The maximum atomic E-state index is 12.7. The van der Waals surface area contributed by atoms with Crippen LogP contribution in [0.25, 0.3) is 0 Å². The summed E-state index contributed by atoms with van der Waals surface area (Å²) in [5.41, 5.74) is -1.35. The van der Waals surface area contributed by atoms with E-state index in [9.17, 15) is 58.2 Å². The number of esters is 8. The van der Waals surface area contributed by atoms with Crippen LogP contribution in [0.1, 0.15) is 92.6 Å². The fourth-order valence-corrected chi connectivity index (χ4v) is 4.50. The molecule has 0 aliphatic heterocycles. The Kier molecular flexibility index (Phi) is 19.5. The summed E-state index contributed by atoms with van der Waals surface area (Å²) in [4.78, 5) is 119. The predicted octanol–water partition coefficient (Wildman–Crippen LogP) is 3.12. The molecular weight excluding hydrogens is 800 g/mol. The van der Waals surface area contributed by atoms with Crippen molar-refractivity contribution in [2.75, 3.05) is 0 Å². The second-order valence-electron chi connectivity index (χ2n) is 14.3. The summed E-state index contributed by atoms with van der Waals surface area (Å²) >= 11 is 0. The van der Waals surface area contributed by atoms with Gasteiger partial charge in [-0.05, 0) is 41.5 Å². The molecule has 0 amide bonds. The smallest absolute Gasteiger partial charge is 0.353 e. The Balaban J connectivity index is 0.000000600. The number of hydrogen-bond donors (Lipinski definition) is 2. The highest BCUT2D eigenvalue weighted by molar-refractivity contribution is 5.91. The van der Waals surface area contributed by atoms with Crippen molar-refractivity contribution < 1.29 is 96.1 Å². The molecule has 0 radical (unpaired) electrons. The Morgan fingerprint density at radius 3 is 0.867 bits per heavy atom. The summed E-state index contributed by atoms with van der Waals surface area (Å²) < 4.78 is 39.5. The Morgan fingerprint density at radius 2 is 0.650 bits per heavy atom. The summed E-state index contributed by atoms with van der Waals surface area (Å²) in [5, 5.41) is 18.6. The minimum atomic E-state index is -2.17. The van der Waals surface area contributed by atoms with Gasteiger partial charge in [-0.15, -0.1) is 0 Å². The van der Waals surface area contributed by atoms with Crippen LogP contribution in [-0.2, 0) is 85.8 Å². The Morgan fingerprint density at radius 1 is 0.400 bits per heavy atom. The van der Waals surface area contributed by atoms with E-state index in [1.165, 1.54) is 24.3 Å². The van der Waals surface area contributed by atoms with Crippen molar-refractivity contribution in [3.05, 3.63) is 71.8 Å². The van der Waals surface area contributed by atoms with Gasteiger partial charge in [-0.2, -0.15) is 0 Å². The topological polar surface area (TPSA) is 285 Å². The number of carbonyl (C=O) groups excluding carboxylic acids is 8. The molecule has 0 spiro atoms. The van der Waals surface area contributed by atoms with Crippen molar-refractivity contribution in [2.45, 2.75) is 117 Å². The first-order chi connectivity index (χ1) is 27.6. The van der Waals surface area contributed by atoms with Gasteiger partial charge in [0.15, 0.2) is 0 Å². The molecule has 0 saturated heterocycles. The van der Waals surface area contributed by atoms with Gasteiger partial charge in [0.1, 0.15) is 11.2 Å². The second-order valence-corrected chi connectivity index (χ2v) is 14.3. The standard InChI is InChI=1S/2C20H24O10/c2*1-11(21)27-15(17(23)24)16(28-12(2)22)18(25)29-14(13-9-7-6-8-10-13)19(26)30-20(3,4)5/h2*6-10,14-16H,1-5H3,(H,23,24)/t14-,15+,16+;14-,15-,16-/m01/s1. The van der Waals surface area contributed by atoms with E-state index in [4.69, 9.17) is 28.4 Å². The Hall–Kier alpha value is -6.86. The molecule has 2 N–H and O–H groups in total. The lowest BCUT2D eigenvalue weighted by molar-refractivity contribution is -0.195. The van der Waals surface area contributed by atoms with Crippen LogP contribution in [0.5, 0.6) is 0 Å². The van der Waals surface area contributed by atoms with Crippen LogP contribution < -0.4 is 0 Å². The van der Waals surface area contributed by atoms with E-state index in [-0.39, 0.29) is 11.1 Å². The van der Waals surface area contributed by atoms with Gasteiger partial charge in [-0.3, -0.25) is 19.2 Å². The van der Waals surface area contributed by atoms with E-state index in [2.05, 4.69) is 9.47 Å². The molecule has 0 aliphatic carbocycles. The van der Waals surface area contributed by atoms with Crippen molar-refractivity contribution in [3.8, 4) is 0 Å². The van der Waals surface area contributed by atoms with E-state index >= 15 is 0 Å². The molecule has 328 valence electrons. The molecule has 2 rings (SSSR count). The van der Waals surface area contributed by atoms with Gasteiger partial charge in [0.05, 0.1) is 0 Å². The van der Waals surface area contributed by atoms with Crippen LogP contribution in [0.2, 0.25) is 0 Å². The van der Waals surface area contributed by atoms with E-state index in [1.807, 2.05) is 0 Å². The second kappa shape index (κ2) is 22.9. The first-order valence-electron chi connectivity index (χ1n) is 17.7. The van der Waals surface area contributed by atoms with Gasteiger partial charge in [0.2, 0.25) is 36.6 Å². The number of rotatable bonds is 16. The third kappa shape index (κ3) is 18.6. The maximum absolute atomic E-state index is 12.7. The summed E-state index contributed by atoms with van der Waals surface area (Å²) in [5.74, 6) is -12.3. The summed E-state index contributed by atoms with van der Waals surface area (Å²) in [6.07, 6.45) is -11.8. The fourth-order valence-electron chi connectivity index (χ4n) is 4.50. The molecule has 0 unspecified atom stereocenters. The fraction of sp³-hybridized carbons (Fsp3) is 0.450. The van der Waals surface area contributed by atoms with Crippen LogP contribution in [0.3, 0.4) is 0 Å². The zero-order valence-corrected chi connectivity index (χ0v) is 34.5. The molecule has 6 atom stereocenters. The molecule has 0 fully saturated rings.